The molecule has 0 saturated heterocycles. The number of amides is 5. The molecule has 2 heterocycles. The van der Waals surface area contributed by atoms with E-state index < -0.39 is 29.8 Å². The lowest BCUT2D eigenvalue weighted by Gasteiger charge is -2.29. The van der Waals surface area contributed by atoms with Gasteiger partial charge in [0.25, 0.3) is 23.6 Å². The van der Waals surface area contributed by atoms with Crippen molar-refractivity contribution in [1.82, 2.24) is 10.2 Å². The Morgan fingerprint density at radius 2 is 1.21 bits per heavy atom. The van der Waals surface area contributed by atoms with Gasteiger partial charge in [0.2, 0.25) is 0 Å². The molecule has 0 atom stereocenters. The van der Waals surface area contributed by atoms with Gasteiger partial charge in [0.1, 0.15) is 18.1 Å². The number of alkyl carbamates (subject to hydrolysis) is 1. The molecule has 338 valence electrons. The van der Waals surface area contributed by atoms with Gasteiger partial charge >= 0.3 is 12.1 Å². The van der Waals surface area contributed by atoms with Crippen LogP contribution in [0.1, 0.15) is 138 Å². The molecule has 2 aliphatic rings. The Hall–Kier alpha value is -6.56. The van der Waals surface area contributed by atoms with Crippen LogP contribution >= 0.6 is 0 Å². The molecule has 12 heteroatoms. The fourth-order valence-electron chi connectivity index (χ4n) is 6.36. The summed E-state index contributed by atoms with van der Waals surface area (Å²) in [6.45, 7) is 22.4. The van der Waals surface area contributed by atoms with Crippen molar-refractivity contribution in [2.45, 2.75) is 95.4 Å². The van der Waals surface area contributed by atoms with Crippen molar-refractivity contribution < 1.29 is 43.0 Å². The van der Waals surface area contributed by atoms with Gasteiger partial charge in [-0.2, -0.15) is 0 Å². The van der Waals surface area contributed by atoms with Gasteiger partial charge in [-0.05, 0) is 104 Å². The number of methoxy groups -OCH3 is 1. The van der Waals surface area contributed by atoms with Crippen LogP contribution < -0.4 is 15.0 Å². The Morgan fingerprint density at radius 1 is 0.714 bits per heavy atom. The van der Waals surface area contributed by atoms with E-state index in [4.69, 9.17) is 4.74 Å². The van der Waals surface area contributed by atoms with Crippen LogP contribution in [0.3, 0.4) is 0 Å². The fraction of sp³-hybridized carbons (Fsp3) is 0.373. The monoisotopic (exact) mass is 863 g/mol. The molecule has 0 aliphatic carbocycles. The van der Waals surface area contributed by atoms with Gasteiger partial charge < -0.3 is 19.5 Å². The van der Waals surface area contributed by atoms with Crippen LogP contribution in [0.5, 0.6) is 11.5 Å². The van der Waals surface area contributed by atoms with Crippen molar-refractivity contribution in [2.24, 2.45) is 5.92 Å². The second-order valence-corrected chi connectivity index (χ2v) is 15.8. The number of fused-ring (bicyclic) bond motifs is 2. The molecule has 12 nitrogen and oxygen atoms in total. The molecule has 0 spiro atoms. The summed E-state index contributed by atoms with van der Waals surface area (Å²) in [4.78, 5) is 75.5. The maximum Gasteiger partial charge on any atom is 0.406 e. The largest absolute Gasteiger partial charge is 0.460 e. The smallest absolute Gasteiger partial charge is 0.406 e. The number of imide groups is 2. The van der Waals surface area contributed by atoms with E-state index in [-0.39, 0.29) is 50.5 Å². The molecule has 1 N–H and O–H groups in total. The molecular formula is C51H65N3O9. The molecule has 2 aliphatic heterocycles. The summed E-state index contributed by atoms with van der Waals surface area (Å²) < 4.78 is 14.9. The van der Waals surface area contributed by atoms with E-state index in [2.05, 4.69) is 88.0 Å². The van der Waals surface area contributed by atoms with Gasteiger partial charge in [0.05, 0.1) is 41.6 Å². The van der Waals surface area contributed by atoms with Gasteiger partial charge in [-0.1, -0.05) is 99.2 Å². The summed E-state index contributed by atoms with van der Waals surface area (Å²) in [5.74, 6) is -0.434. The summed E-state index contributed by atoms with van der Waals surface area (Å²) in [5.41, 5.74) is 7.00. The number of rotatable bonds is 11. The molecule has 5 amide bonds. The molecule has 0 radical (unpaired) electrons. The molecule has 0 aromatic heterocycles. The standard InChI is InChI=1S/C35H30N2O5.C8H13NO4.C6H14.2CH4/c1-19-7-9-22(15-21(19)3)35(4,5)23-10-8-20(2)30(16-23)37-33(40)27-14-12-25(18-29(27)34(37)41)42-24-11-13-26-28(17-24)32(39)36(6)31(26)38;1-6(2)7(10)13-5-4-9-8(11)12-3;1-4-6(3)5-2;;/h7-18H,1-6H3;1,4-5H2,2-3H3,(H,9,11);6H,4-5H2,1-3H3;2*1H4. The number of aryl methyl sites for hydroxylation is 3. The molecule has 63 heavy (non-hydrogen) atoms. The van der Waals surface area contributed by atoms with E-state index in [0.29, 0.717) is 33.9 Å². The van der Waals surface area contributed by atoms with Crippen LogP contribution in [0, 0.1) is 26.7 Å². The first kappa shape index (κ1) is 52.6. The molecule has 0 fully saturated rings. The lowest BCUT2D eigenvalue weighted by Crippen LogP contribution is -2.30. The minimum Gasteiger partial charge on any atom is -0.460 e. The first-order chi connectivity index (χ1) is 28.8. The number of esters is 1. The van der Waals surface area contributed by atoms with E-state index in [1.54, 1.807) is 37.3 Å². The third kappa shape index (κ3) is 12.1. The third-order valence-electron chi connectivity index (χ3n) is 11.1. The van der Waals surface area contributed by atoms with Crippen molar-refractivity contribution in [1.29, 1.82) is 0 Å². The van der Waals surface area contributed by atoms with Crippen molar-refractivity contribution in [3.63, 3.8) is 0 Å². The maximum atomic E-state index is 13.7. The van der Waals surface area contributed by atoms with E-state index >= 15 is 0 Å². The highest BCUT2D eigenvalue weighted by molar-refractivity contribution is 6.34. The van der Waals surface area contributed by atoms with Gasteiger partial charge in [0, 0.05) is 18.0 Å². The van der Waals surface area contributed by atoms with Crippen LogP contribution in [-0.4, -0.2) is 67.9 Å². The van der Waals surface area contributed by atoms with Crippen molar-refractivity contribution in [3.8, 4) is 11.5 Å². The number of ether oxygens (including phenoxy) is 3. The van der Waals surface area contributed by atoms with Crippen molar-refractivity contribution in [2.75, 3.05) is 32.2 Å². The number of nitrogens with one attached hydrogen (secondary N) is 1. The Labute approximate surface area is 373 Å². The Kier molecular flexibility index (Phi) is 18.8. The highest BCUT2D eigenvalue weighted by atomic mass is 16.5. The molecule has 4 aromatic rings. The van der Waals surface area contributed by atoms with Crippen molar-refractivity contribution >= 4 is 41.4 Å². The lowest BCUT2D eigenvalue weighted by atomic mass is 9.77. The number of benzene rings is 4. The summed E-state index contributed by atoms with van der Waals surface area (Å²) in [5, 5.41) is 2.36. The zero-order chi connectivity index (χ0) is 45.3. The highest BCUT2D eigenvalue weighted by Gasteiger charge is 2.39. The van der Waals surface area contributed by atoms with E-state index in [1.807, 2.05) is 25.1 Å². The quantitative estimate of drug-likeness (QED) is 0.0673. The summed E-state index contributed by atoms with van der Waals surface area (Å²) in [6.07, 6.45) is 2.11. The summed E-state index contributed by atoms with van der Waals surface area (Å²) in [7, 11) is 2.69. The van der Waals surface area contributed by atoms with Gasteiger partial charge in [-0.3, -0.25) is 24.1 Å². The van der Waals surface area contributed by atoms with Crippen LogP contribution in [0.25, 0.3) is 0 Å². The second-order valence-electron chi connectivity index (χ2n) is 15.8. The summed E-state index contributed by atoms with van der Waals surface area (Å²) >= 11 is 0. The van der Waals surface area contributed by atoms with Crippen molar-refractivity contribution in [3.05, 3.63) is 135 Å². The van der Waals surface area contributed by atoms with Crippen LogP contribution in [0.2, 0.25) is 0 Å². The molecule has 4 aromatic carbocycles. The zero-order valence-electron chi connectivity index (χ0n) is 37.1. The average Bonchev–Trinajstić information content (AvgIpc) is 3.61. The SMILES string of the molecule is C.C.C=C(C)C(=O)OCCNC(=O)OC.CCC(C)CC.Cc1ccc(C(C)(C)c2ccc(C)c(N3C(=O)c4ccc(Oc5ccc6c(c5)C(=O)N(C)C6=O)cc4C3=O)c2)cc1C. The first-order valence-electron chi connectivity index (χ1n) is 20.3. The summed E-state index contributed by atoms with van der Waals surface area (Å²) in [6, 6.07) is 21.8. The fourth-order valence-corrected chi connectivity index (χ4v) is 6.36. The minimum absolute atomic E-state index is 0. The zero-order valence-corrected chi connectivity index (χ0v) is 37.1. The van der Waals surface area contributed by atoms with E-state index in [1.165, 1.54) is 49.1 Å². The number of anilines is 1. The lowest BCUT2D eigenvalue weighted by molar-refractivity contribution is -0.138. The Bertz CT molecular complexity index is 2360. The topological polar surface area (TPSA) is 149 Å². The number of nitrogens with zero attached hydrogens (tertiary/aromatic N) is 2. The van der Waals surface area contributed by atoms with Gasteiger partial charge in [0.15, 0.2) is 0 Å². The molecule has 0 saturated carbocycles. The normalized spacial score (nSPS) is 12.4. The minimum atomic E-state index is -0.550. The number of hydrogen-bond donors (Lipinski definition) is 1. The molecular weight excluding hydrogens is 799 g/mol. The van der Waals surface area contributed by atoms with E-state index in [0.717, 1.165) is 27.5 Å². The van der Waals surface area contributed by atoms with Gasteiger partial charge in [-0.25, -0.2) is 14.5 Å². The predicted octanol–water partition coefficient (Wildman–Crippen LogP) is 10.9. The van der Waals surface area contributed by atoms with E-state index in [9.17, 15) is 28.8 Å². The Morgan fingerprint density at radius 3 is 1.71 bits per heavy atom. The Balaban J connectivity index is 0.000000547. The number of hydrogen-bond acceptors (Lipinski definition) is 9. The predicted molar refractivity (Wildman–Crippen MR) is 249 cm³/mol. The molecule has 6 rings (SSSR count). The van der Waals surface area contributed by atoms with Gasteiger partial charge in [-0.15, -0.1) is 0 Å². The second kappa shape index (κ2) is 22.5. The van der Waals surface area contributed by atoms with Crippen LogP contribution in [-0.2, 0) is 19.7 Å². The number of carbonyl (C=O) groups is 6. The third-order valence-corrected chi connectivity index (χ3v) is 11.1. The first-order valence-corrected chi connectivity index (χ1v) is 20.3. The molecule has 0 bridgehead atoms. The highest BCUT2D eigenvalue weighted by Crippen LogP contribution is 2.39. The number of carbonyl (C=O) groups excluding carboxylic acids is 6. The maximum absolute atomic E-state index is 13.7. The molecule has 0 unspecified atom stereocenters. The van der Waals surface area contributed by atoms with Crippen LogP contribution in [0.4, 0.5) is 10.5 Å². The average molecular weight is 864 g/mol. The van der Waals surface area contributed by atoms with Crippen LogP contribution in [0.15, 0.2) is 84.9 Å².